The van der Waals surface area contributed by atoms with Crippen molar-refractivity contribution in [2.75, 3.05) is 38.6 Å². The SMILES string of the molecule is CC(N)c1ccc(Br)cc1N1CCC(CN(C)C)CC1. The first-order valence-electron chi connectivity index (χ1n) is 7.42. The average Bonchev–Trinajstić information content (AvgIpc) is 2.38. The van der Waals surface area contributed by atoms with Gasteiger partial charge in [-0.1, -0.05) is 22.0 Å². The second kappa shape index (κ2) is 6.92. The molecule has 0 saturated carbocycles. The van der Waals surface area contributed by atoms with Gasteiger partial charge in [-0.2, -0.15) is 0 Å². The summed E-state index contributed by atoms with van der Waals surface area (Å²) in [6, 6.07) is 6.53. The zero-order valence-electron chi connectivity index (χ0n) is 12.8. The van der Waals surface area contributed by atoms with Gasteiger partial charge in [0.25, 0.3) is 0 Å². The summed E-state index contributed by atoms with van der Waals surface area (Å²) in [6.07, 6.45) is 2.53. The molecule has 1 fully saturated rings. The van der Waals surface area contributed by atoms with Gasteiger partial charge in [-0.05, 0) is 57.5 Å². The van der Waals surface area contributed by atoms with Crippen LogP contribution >= 0.6 is 15.9 Å². The van der Waals surface area contributed by atoms with Crippen molar-refractivity contribution < 1.29 is 0 Å². The summed E-state index contributed by atoms with van der Waals surface area (Å²) < 4.78 is 1.13. The van der Waals surface area contributed by atoms with E-state index in [9.17, 15) is 0 Å². The first-order chi connectivity index (χ1) is 9.47. The molecule has 20 heavy (non-hydrogen) atoms. The van der Waals surface area contributed by atoms with Crippen molar-refractivity contribution in [2.24, 2.45) is 11.7 Å². The minimum absolute atomic E-state index is 0.0811. The molecule has 1 aliphatic heterocycles. The minimum Gasteiger partial charge on any atom is -0.371 e. The van der Waals surface area contributed by atoms with Crippen LogP contribution in [0.15, 0.2) is 22.7 Å². The number of benzene rings is 1. The van der Waals surface area contributed by atoms with Crippen LogP contribution in [0.2, 0.25) is 0 Å². The van der Waals surface area contributed by atoms with Gasteiger partial charge in [-0.25, -0.2) is 0 Å². The van der Waals surface area contributed by atoms with Crippen LogP contribution in [0.3, 0.4) is 0 Å². The van der Waals surface area contributed by atoms with Crippen LogP contribution in [0.25, 0.3) is 0 Å². The molecular formula is C16H26BrN3. The molecule has 0 amide bonds. The third-order valence-corrected chi connectivity index (χ3v) is 4.55. The molecule has 112 valence electrons. The Bertz CT molecular complexity index is 437. The Morgan fingerprint density at radius 2 is 2.00 bits per heavy atom. The fourth-order valence-electron chi connectivity index (χ4n) is 3.05. The van der Waals surface area contributed by atoms with Gasteiger partial charge in [0.15, 0.2) is 0 Å². The third kappa shape index (κ3) is 3.96. The molecule has 1 atom stereocenters. The van der Waals surface area contributed by atoms with E-state index in [0.29, 0.717) is 0 Å². The van der Waals surface area contributed by atoms with Gasteiger partial charge in [0, 0.05) is 35.8 Å². The fraction of sp³-hybridized carbons (Fsp3) is 0.625. The molecular weight excluding hydrogens is 314 g/mol. The van der Waals surface area contributed by atoms with Crippen molar-refractivity contribution in [1.29, 1.82) is 0 Å². The number of anilines is 1. The minimum atomic E-state index is 0.0811. The quantitative estimate of drug-likeness (QED) is 0.913. The lowest BCUT2D eigenvalue weighted by molar-refractivity contribution is 0.285. The van der Waals surface area contributed by atoms with Crippen molar-refractivity contribution in [1.82, 2.24) is 4.90 Å². The molecule has 2 N–H and O–H groups in total. The van der Waals surface area contributed by atoms with E-state index in [1.807, 2.05) is 0 Å². The Kier molecular flexibility index (Phi) is 5.47. The van der Waals surface area contributed by atoms with E-state index in [4.69, 9.17) is 5.73 Å². The zero-order valence-corrected chi connectivity index (χ0v) is 14.4. The fourth-order valence-corrected chi connectivity index (χ4v) is 3.40. The van der Waals surface area contributed by atoms with Gasteiger partial charge in [-0.15, -0.1) is 0 Å². The van der Waals surface area contributed by atoms with Gasteiger partial charge in [-0.3, -0.25) is 0 Å². The number of hydrogen-bond donors (Lipinski definition) is 1. The van der Waals surface area contributed by atoms with Crippen molar-refractivity contribution >= 4 is 21.6 Å². The molecule has 2 rings (SSSR count). The predicted octanol–water partition coefficient (Wildman–Crippen LogP) is 3.25. The summed E-state index contributed by atoms with van der Waals surface area (Å²) in [6.45, 7) is 5.53. The highest BCUT2D eigenvalue weighted by Gasteiger charge is 2.22. The van der Waals surface area contributed by atoms with Crippen LogP contribution in [-0.2, 0) is 0 Å². The van der Waals surface area contributed by atoms with Gasteiger partial charge in [0.05, 0.1) is 0 Å². The normalized spacial score (nSPS) is 18.6. The third-order valence-electron chi connectivity index (χ3n) is 4.06. The highest BCUT2D eigenvalue weighted by atomic mass is 79.9. The molecule has 1 saturated heterocycles. The second-order valence-corrected chi connectivity index (χ2v) is 7.10. The molecule has 1 heterocycles. The topological polar surface area (TPSA) is 32.5 Å². The van der Waals surface area contributed by atoms with E-state index in [2.05, 4.69) is 64.9 Å². The summed E-state index contributed by atoms with van der Waals surface area (Å²) in [5.74, 6) is 0.826. The Morgan fingerprint density at radius 3 is 2.55 bits per heavy atom. The van der Waals surface area contributed by atoms with Crippen molar-refractivity contribution in [3.63, 3.8) is 0 Å². The van der Waals surface area contributed by atoms with Crippen molar-refractivity contribution in [3.05, 3.63) is 28.2 Å². The molecule has 0 bridgehead atoms. The molecule has 3 nitrogen and oxygen atoms in total. The van der Waals surface area contributed by atoms with E-state index in [0.717, 1.165) is 23.5 Å². The van der Waals surface area contributed by atoms with E-state index in [1.54, 1.807) is 0 Å². The number of piperidine rings is 1. The molecule has 1 unspecified atom stereocenters. The molecule has 1 aliphatic rings. The van der Waals surface area contributed by atoms with Gasteiger partial charge in [0.2, 0.25) is 0 Å². The van der Waals surface area contributed by atoms with E-state index in [1.165, 1.54) is 30.6 Å². The highest BCUT2D eigenvalue weighted by Crippen LogP contribution is 2.31. The molecule has 0 aliphatic carbocycles. The maximum absolute atomic E-state index is 6.12. The molecule has 1 aromatic carbocycles. The number of hydrogen-bond acceptors (Lipinski definition) is 3. The van der Waals surface area contributed by atoms with Crippen LogP contribution < -0.4 is 10.6 Å². The summed E-state index contributed by atoms with van der Waals surface area (Å²) in [4.78, 5) is 4.79. The molecule has 0 radical (unpaired) electrons. The van der Waals surface area contributed by atoms with E-state index < -0.39 is 0 Å². The first kappa shape index (κ1) is 15.8. The maximum Gasteiger partial charge on any atom is 0.0425 e. The molecule has 4 heteroatoms. The largest absolute Gasteiger partial charge is 0.371 e. The van der Waals surface area contributed by atoms with Crippen LogP contribution in [-0.4, -0.2) is 38.6 Å². The van der Waals surface area contributed by atoms with Crippen molar-refractivity contribution in [2.45, 2.75) is 25.8 Å². The molecule has 0 spiro atoms. The number of rotatable bonds is 4. The van der Waals surface area contributed by atoms with Crippen LogP contribution in [0, 0.1) is 5.92 Å². The number of halogens is 1. The summed E-state index contributed by atoms with van der Waals surface area (Å²) in [7, 11) is 4.32. The monoisotopic (exact) mass is 339 g/mol. The van der Waals surface area contributed by atoms with Gasteiger partial charge >= 0.3 is 0 Å². The Morgan fingerprint density at radius 1 is 1.35 bits per heavy atom. The second-order valence-electron chi connectivity index (χ2n) is 6.18. The lowest BCUT2D eigenvalue weighted by Gasteiger charge is -2.36. The average molecular weight is 340 g/mol. The number of nitrogens with zero attached hydrogens (tertiary/aromatic N) is 2. The lowest BCUT2D eigenvalue weighted by atomic mass is 9.95. The molecule has 0 aromatic heterocycles. The Hall–Kier alpha value is -0.580. The first-order valence-corrected chi connectivity index (χ1v) is 8.21. The lowest BCUT2D eigenvalue weighted by Crippen LogP contribution is -2.37. The summed E-state index contributed by atoms with van der Waals surface area (Å²) in [5.41, 5.74) is 8.67. The predicted molar refractivity (Wildman–Crippen MR) is 90.2 cm³/mol. The highest BCUT2D eigenvalue weighted by molar-refractivity contribution is 9.10. The van der Waals surface area contributed by atoms with E-state index in [-0.39, 0.29) is 6.04 Å². The molecule has 1 aromatic rings. The van der Waals surface area contributed by atoms with Crippen molar-refractivity contribution in [3.8, 4) is 0 Å². The standard InChI is InChI=1S/C16H26BrN3/c1-12(18)15-5-4-14(17)10-16(15)20-8-6-13(7-9-20)11-19(2)3/h4-5,10,12-13H,6-9,11,18H2,1-3H3. The summed E-state index contributed by atoms with van der Waals surface area (Å²) in [5, 5.41) is 0. The Balaban J connectivity index is 2.08. The van der Waals surface area contributed by atoms with Gasteiger partial charge < -0.3 is 15.5 Å². The number of nitrogens with two attached hydrogens (primary N) is 1. The summed E-state index contributed by atoms with van der Waals surface area (Å²) >= 11 is 3.58. The zero-order chi connectivity index (χ0) is 14.7. The van der Waals surface area contributed by atoms with E-state index >= 15 is 0 Å². The van der Waals surface area contributed by atoms with Gasteiger partial charge in [0.1, 0.15) is 0 Å². The maximum atomic E-state index is 6.12. The van der Waals surface area contributed by atoms with Crippen LogP contribution in [0.5, 0.6) is 0 Å². The Labute approximate surface area is 131 Å². The smallest absolute Gasteiger partial charge is 0.0425 e. The van der Waals surface area contributed by atoms with Crippen LogP contribution in [0.4, 0.5) is 5.69 Å². The van der Waals surface area contributed by atoms with Crippen LogP contribution in [0.1, 0.15) is 31.4 Å².